The van der Waals surface area contributed by atoms with Crippen LogP contribution in [0, 0.1) is 0 Å². The van der Waals surface area contributed by atoms with Gasteiger partial charge in [0.2, 0.25) is 0 Å². The summed E-state index contributed by atoms with van der Waals surface area (Å²) in [4.78, 5) is 12.2. The van der Waals surface area contributed by atoms with Gasteiger partial charge in [-0.2, -0.15) is 0 Å². The molecule has 1 aliphatic rings. The average molecular weight is 360 g/mol. The third-order valence-corrected chi connectivity index (χ3v) is 4.14. The second-order valence-corrected chi connectivity index (χ2v) is 6.14. The van der Waals surface area contributed by atoms with Crippen molar-refractivity contribution in [1.29, 1.82) is 0 Å². The molecule has 0 saturated heterocycles. The van der Waals surface area contributed by atoms with Gasteiger partial charge in [-0.25, -0.2) is 4.79 Å². The third-order valence-electron chi connectivity index (χ3n) is 4.14. The van der Waals surface area contributed by atoms with Crippen molar-refractivity contribution in [1.82, 2.24) is 0 Å². The molecule has 1 unspecified atom stereocenters. The lowest BCUT2D eigenvalue weighted by Gasteiger charge is -2.16. The van der Waals surface area contributed by atoms with Crippen LogP contribution >= 0.6 is 0 Å². The average Bonchev–Trinajstić information content (AvgIpc) is 2.68. The first-order chi connectivity index (χ1) is 12.7. The van der Waals surface area contributed by atoms with E-state index < -0.39 is 0 Å². The maximum absolute atomic E-state index is 12.2. The number of carbonyl (C=O) groups is 1. The quantitative estimate of drug-likeness (QED) is 0.338. The second-order valence-electron chi connectivity index (χ2n) is 6.14. The van der Waals surface area contributed by atoms with E-state index in [1.165, 1.54) is 6.42 Å². The van der Waals surface area contributed by atoms with E-state index in [-0.39, 0.29) is 12.1 Å². The molecule has 1 atom stereocenters. The molecule has 2 rings (SSSR count). The van der Waals surface area contributed by atoms with Crippen LogP contribution in [0.3, 0.4) is 0 Å². The van der Waals surface area contributed by atoms with E-state index in [0.29, 0.717) is 17.7 Å². The van der Waals surface area contributed by atoms with Crippen molar-refractivity contribution >= 4 is 5.97 Å². The van der Waals surface area contributed by atoms with Crippen LogP contribution in [0.2, 0.25) is 0 Å². The summed E-state index contributed by atoms with van der Waals surface area (Å²) in [6, 6.07) is 6.93. The molecule has 0 radical (unpaired) electrons. The van der Waals surface area contributed by atoms with Gasteiger partial charge in [0.1, 0.15) is 11.5 Å². The smallest absolute Gasteiger partial charge is 0.343 e. The lowest BCUT2D eigenvalue weighted by molar-refractivity contribution is -0.129. The van der Waals surface area contributed by atoms with Crippen molar-refractivity contribution in [2.45, 2.75) is 38.2 Å². The molecule has 5 heteroatoms. The molecule has 1 aliphatic carbocycles. The number of esters is 1. The third kappa shape index (κ3) is 7.02. The van der Waals surface area contributed by atoms with E-state index in [1.807, 2.05) is 12.2 Å². The van der Waals surface area contributed by atoms with Gasteiger partial charge < -0.3 is 18.9 Å². The molecule has 142 valence electrons. The molecule has 0 aliphatic heterocycles. The second kappa shape index (κ2) is 11.5. The summed E-state index contributed by atoms with van der Waals surface area (Å²) in [5, 5.41) is 0. The molecule has 0 fully saturated rings. The topological polar surface area (TPSA) is 54.0 Å². The number of methoxy groups -OCH3 is 2. The fourth-order valence-electron chi connectivity index (χ4n) is 2.62. The molecule has 0 heterocycles. The predicted molar refractivity (Wildman–Crippen MR) is 101 cm³/mol. The normalized spacial score (nSPS) is 16.2. The summed E-state index contributed by atoms with van der Waals surface area (Å²) in [7, 11) is 3.33. The zero-order chi connectivity index (χ0) is 18.6. The Bertz CT molecular complexity index is 603. The fraction of sp³-hybridized carbons (Fsp3) is 0.476. The Labute approximate surface area is 155 Å². The molecule has 1 aromatic rings. The number of hydrogen-bond donors (Lipinski definition) is 0. The van der Waals surface area contributed by atoms with Crippen molar-refractivity contribution in [3.8, 4) is 11.5 Å². The van der Waals surface area contributed by atoms with Gasteiger partial charge in [-0.3, -0.25) is 0 Å². The van der Waals surface area contributed by atoms with E-state index in [4.69, 9.17) is 18.9 Å². The highest BCUT2D eigenvalue weighted by molar-refractivity contribution is 5.93. The van der Waals surface area contributed by atoms with Crippen molar-refractivity contribution in [3.63, 3.8) is 0 Å². The first kappa shape index (κ1) is 20.2. The lowest BCUT2D eigenvalue weighted by atomic mass is 10.1. The van der Waals surface area contributed by atoms with E-state index in [9.17, 15) is 4.79 Å². The van der Waals surface area contributed by atoms with Crippen LogP contribution in [-0.2, 0) is 14.3 Å². The Morgan fingerprint density at radius 2 is 1.69 bits per heavy atom. The van der Waals surface area contributed by atoms with Crippen LogP contribution < -0.4 is 9.47 Å². The summed E-state index contributed by atoms with van der Waals surface area (Å²) in [6.07, 6.45) is 10.8. The SMILES string of the molecule is COCCCCCCOC1C=CC(C(=O)Oc2ccc(OC)cc2)=CC1. The molecule has 0 aromatic heterocycles. The number of unbranched alkanes of at least 4 members (excludes halogenated alkanes) is 3. The Hall–Kier alpha value is -2.11. The van der Waals surface area contributed by atoms with Crippen LogP contribution in [0.4, 0.5) is 0 Å². The van der Waals surface area contributed by atoms with Crippen LogP contribution in [0.15, 0.2) is 48.1 Å². The Kier molecular flexibility index (Phi) is 8.93. The highest BCUT2D eigenvalue weighted by atomic mass is 16.5. The Morgan fingerprint density at radius 1 is 1.00 bits per heavy atom. The number of carbonyl (C=O) groups excluding carboxylic acids is 1. The molecule has 26 heavy (non-hydrogen) atoms. The van der Waals surface area contributed by atoms with Gasteiger partial charge in [-0.05, 0) is 49.6 Å². The maximum atomic E-state index is 12.2. The summed E-state index contributed by atoms with van der Waals surface area (Å²) in [5.74, 6) is 0.861. The predicted octanol–water partition coefficient (Wildman–Crippen LogP) is 4.08. The Balaban J connectivity index is 1.66. The van der Waals surface area contributed by atoms with Gasteiger partial charge in [-0.15, -0.1) is 0 Å². The standard InChI is InChI=1S/C21H28O5/c1-23-15-5-3-4-6-16-25-19-9-7-17(8-10-19)21(22)26-20-13-11-18(24-2)12-14-20/h7-9,11-14,19H,3-6,10,15-16H2,1-2H3. The minimum absolute atomic E-state index is 0.0338. The fourth-order valence-corrected chi connectivity index (χ4v) is 2.62. The molecule has 1 aromatic carbocycles. The molecule has 0 spiro atoms. The summed E-state index contributed by atoms with van der Waals surface area (Å²) in [5.41, 5.74) is 0.556. The van der Waals surface area contributed by atoms with E-state index in [0.717, 1.165) is 38.2 Å². The molecule has 0 amide bonds. The highest BCUT2D eigenvalue weighted by Gasteiger charge is 2.15. The van der Waals surface area contributed by atoms with Crippen LogP contribution in [-0.4, -0.2) is 39.5 Å². The van der Waals surface area contributed by atoms with Gasteiger partial charge in [0.05, 0.1) is 18.8 Å². The summed E-state index contributed by atoms with van der Waals surface area (Å²) in [6.45, 7) is 1.56. The van der Waals surface area contributed by atoms with Gasteiger partial charge in [-0.1, -0.05) is 25.0 Å². The van der Waals surface area contributed by atoms with Gasteiger partial charge in [0.15, 0.2) is 0 Å². The molecule has 5 nitrogen and oxygen atoms in total. The first-order valence-corrected chi connectivity index (χ1v) is 9.08. The van der Waals surface area contributed by atoms with Crippen LogP contribution in [0.5, 0.6) is 11.5 Å². The van der Waals surface area contributed by atoms with Crippen molar-refractivity contribution < 1.29 is 23.7 Å². The largest absolute Gasteiger partial charge is 0.497 e. The van der Waals surface area contributed by atoms with Gasteiger partial charge in [0.25, 0.3) is 0 Å². The molecular weight excluding hydrogens is 332 g/mol. The molecule has 0 bridgehead atoms. The zero-order valence-corrected chi connectivity index (χ0v) is 15.6. The van der Waals surface area contributed by atoms with E-state index in [1.54, 1.807) is 44.6 Å². The number of rotatable bonds is 11. The first-order valence-electron chi connectivity index (χ1n) is 9.08. The number of hydrogen-bond acceptors (Lipinski definition) is 5. The minimum Gasteiger partial charge on any atom is -0.497 e. The van der Waals surface area contributed by atoms with Crippen molar-refractivity contribution in [2.24, 2.45) is 0 Å². The highest BCUT2D eigenvalue weighted by Crippen LogP contribution is 2.20. The molecular formula is C21H28O5. The Morgan fingerprint density at radius 3 is 2.31 bits per heavy atom. The molecule has 0 N–H and O–H groups in total. The number of ether oxygens (including phenoxy) is 4. The number of benzene rings is 1. The summed E-state index contributed by atoms with van der Waals surface area (Å²) < 4.78 is 21.3. The van der Waals surface area contributed by atoms with Crippen molar-refractivity contribution in [3.05, 3.63) is 48.1 Å². The zero-order valence-electron chi connectivity index (χ0n) is 15.6. The van der Waals surface area contributed by atoms with Gasteiger partial charge in [0, 0.05) is 20.3 Å². The van der Waals surface area contributed by atoms with Gasteiger partial charge >= 0.3 is 5.97 Å². The maximum Gasteiger partial charge on any atom is 0.343 e. The summed E-state index contributed by atoms with van der Waals surface area (Å²) >= 11 is 0. The van der Waals surface area contributed by atoms with Crippen LogP contribution in [0.25, 0.3) is 0 Å². The monoisotopic (exact) mass is 360 g/mol. The van der Waals surface area contributed by atoms with E-state index >= 15 is 0 Å². The van der Waals surface area contributed by atoms with Crippen molar-refractivity contribution in [2.75, 3.05) is 27.4 Å². The molecule has 0 saturated carbocycles. The van der Waals surface area contributed by atoms with Crippen LogP contribution in [0.1, 0.15) is 32.1 Å². The lowest BCUT2D eigenvalue weighted by Crippen LogP contribution is -2.17. The minimum atomic E-state index is -0.358. The van der Waals surface area contributed by atoms with E-state index in [2.05, 4.69) is 0 Å².